The van der Waals surface area contributed by atoms with Gasteiger partial charge in [-0.05, 0) is 31.5 Å². The Morgan fingerprint density at radius 2 is 2.20 bits per heavy atom. The van der Waals surface area contributed by atoms with Crippen molar-refractivity contribution in [2.45, 2.75) is 31.7 Å². The number of nitrogens with zero attached hydrogens (tertiary/aromatic N) is 1. The lowest BCUT2D eigenvalue weighted by atomic mass is 10.0. The largest absolute Gasteiger partial charge is 0.309 e. The standard InChI is InChI=1S/C11H14F2N2/c12-11(13)10-6-3-5-9(15-10)8-4-1-2-7-14-8/h3,5-6,8,11,14H,1-2,4,7H2. The molecule has 2 rings (SSSR count). The molecule has 2 heterocycles. The van der Waals surface area contributed by atoms with Gasteiger partial charge in [0.1, 0.15) is 5.69 Å². The summed E-state index contributed by atoms with van der Waals surface area (Å²) in [5.74, 6) is 0. The molecule has 1 aromatic rings. The second-order valence-corrected chi connectivity index (χ2v) is 3.79. The molecule has 1 aromatic heterocycles. The van der Waals surface area contributed by atoms with E-state index in [1.54, 1.807) is 6.07 Å². The topological polar surface area (TPSA) is 24.9 Å². The van der Waals surface area contributed by atoms with E-state index in [4.69, 9.17) is 0 Å². The van der Waals surface area contributed by atoms with Crippen molar-refractivity contribution in [2.24, 2.45) is 0 Å². The molecule has 82 valence electrons. The third-order valence-electron chi connectivity index (χ3n) is 2.68. The fourth-order valence-corrected chi connectivity index (χ4v) is 1.89. The Kier molecular flexibility index (Phi) is 3.26. The van der Waals surface area contributed by atoms with E-state index in [-0.39, 0.29) is 11.7 Å². The molecule has 0 bridgehead atoms. The number of rotatable bonds is 2. The quantitative estimate of drug-likeness (QED) is 0.815. The van der Waals surface area contributed by atoms with Gasteiger partial charge < -0.3 is 5.32 Å². The molecule has 1 N–H and O–H groups in total. The van der Waals surface area contributed by atoms with Gasteiger partial charge in [0.15, 0.2) is 0 Å². The minimum atomic E-state index is -2.48. The zero-order chi connectivity index (χ0) is 10.7. The van der Waals surface area contributed by atoms with Crippen LogP contribution in [0.4, 0.5) is 8.78 Å². The Labute approximate surface area is 87.7 Å². The van der Waals surface area contributed by atoms with Gasteiger partial charge in [0.05, 0.1) is 5.69 Å². The van der Waals surface area contributed by atoms with Crippen molar-refractivity contribution in [3.8, 4) is 0 Å². The molecular weight excluding hydrogens is 198 g/mol. The molecule has 1 saturated heterocycles. The number of halogens is 2. The molecule has 0 amide bonds. The maximum absolute atomic E-state index is 12.4. The minimum Gasteiger partial charge on any atom is -0.309 e. The van der Waals surface area contributed by atoms with E-state index < -0.39 is 6.43 Å². The van der Waals surface area contributed by atoms with Gasteiger partial charge in [0, 0.05) is 6.04 Å². The highest BCUT2D eigenvalue weighted by Crippen LogP contribution is 2.23. The second-order valence-electron chi connectivity index (χ2n) is 3.79. The third kappa shape index (κ3) is 2.50. The Balaban J connectivity index is 2.16. The van der Waals surface area contributed by atoms with Crippen LogP contribution in [0.2, 0.25) is 0 Å². The van der Waals surface area contributed by atoms with E-state index >= 15 is 0 Å². The molecule has 4 heteroatoms. The summed E-state index contributed by atoms with van der Waals surface area (Å²) in [5, 5.41) is 3.29. The lowest BCUT2D eigenvalue weighted by Crippen LogP contribution is -2.27. The van der Waals surface area contributed by atoms with E-state index in [1.807, 2.05) is 6.07 Å². The summed E-state index contributed by atoms with van der Waals surface area (Å²) in [6.07, 6.45) is 0.803. The molecule has 1 aliphatic heterocycles. The summed E-state index contributed by atoms with van der Waals surface area (Å²) in [4.78, 5) is 3.98. The summed E-state index contributed by atoms with van der Waals surface area (Å²) in [7, 11) is 0. The van der Waals surface area contributed by atoms with Crippen LogP contribution in [0.15, 0.2) is 18.2 Å². The highest BCUT2D eigenvalue weighted by Gasteiger charge is 2.17. The smallest absolute Gasteiger partial charge is 0.280 e. The van der Waals surface area contributed by atoms with Gasteiger partial charge in [-0.25, -0.2) is 8.78 Å². The molecule has 0 aromatic carbocycles. The van der Waals surface area contributed by atoms with Gasteiger partial charge >= 0.3 is 0 Å². The first kappa shape index (κ1) is 10.5. The molecule has 0 radical (unpaired) electrons. The van der Waals surface area contributed by atoms with Crippen LogP contribution in [0.1, 0.15) is 43.1 Å². The lowest BCUT2D eigenvalue weighted by Gasteiger charge is -2.23. The molecular formula is C11H14F2N2. The first-order valence-electron chi connectivity index (χ1n) is 5.26. The fraction of sp³-hybridized carbons (Fsp3) is 0.545. The minimum absolute atomic E-state index is 0.125. The molecule has 1 atom stereocenters. The van der Waals surface area contributed by atoms with Crippen LogP contribution in [0.3, 0.4) is 0 Å². The van der Waals surface area contributed by atoms with Crippen LogP contribution in [-0.4, -0.2) is 11.5 Å². The van der Waals surface area contributed by atoms with Crippen LogP contribution in [-0.2, 0) is 0 Å². The number of piperidine rings is 1. The predicted molar refractivity (Wildman–Crippen MR) is 53.8 cm³/mol. The molecule has 0 aliphatic carbocycles. The zero-order valence-corrected chi connectivity index (χ0v) is 8.42. The first-order chi connectivity index (χ1) is 7.27. The van der Waals surface area contributed by atoms with Crippen LogP contribution in [0.5, 0.6) is 0 Å². The molecule has 2 nitrogen and oxygen atoms in total. The van der Waals surface area contributed by atoms with E-state index in [2.05, 4.69) is 10.3 Å². The average Bonchev–Trinajstić information content (AvgIpc) is 2.30. The van der Waals surface area contributed by atoms with E-state index in [9.17, 15) is 8.78 Å². The second kappa shape index (κ2) is 4.66. The van der Waals surface area contributed by atoms with Crippen LogP contribution in [0.25, 0.3) is 0 Å². The van der Waals surface area contributed by atoms with Crippen LogP contribution < -0.4 is 5.32 Å². The number of aromatic nitrogens is 1. The summed E-state index contributed by atoms with van der Waals surface area (Å²) in [6, 6.07) is 4.99. The third-order valence-corrected chi connectivity index (χ3v) is 2.68. The first-order valence-corrected chi connectivity index (χ1v) is 5.26. The predicted octanol–water partition coefficient (Wildman–Crippen LogP) is 2.83. The highest BCUT2D eigenvalue weighted by molar-refractivity contribution is 5.15. The molecule has 1 aliphatic rings. The monoisotopic (exact) mass is 212 g/mol. The van der Waals surface area contributed by atoms with Gasteiger partial charge in [-0.3, -0.25) is 4.98 Å². The molecule has 15 heavy (non-hydrogen) atoms. The number of alkyl halides is 2. The Hall–Kier alpha value is -1.03. The molecule has 0 spiro atoms. The number of hydrogen-bond acceptors (Lipinski definition) is 2. The van der Waals surface area contributed by atoms with Crippen molar-refractivity contribution in [1.82, 2.24) is 10.3 Å². The van der Waals surface area contributed by atoms with Crippen molar-refractivity contribution in [3.63, 3.8) is 0 Å². The Bertz CT molecular complexity index is 322. The van der Waals surface area contributed by atoms with Gasteiger partial charge in [-0.15, -0.1) is 0 Å². The summed E-state index contributed by atoms with van der Waals surface area (Å²) >= 11 is 0. The van der Waals surface area contributed by atoms with E-state index in [1.165, 1.54) is 6.07 Å². The lowest BCUT2D eigenvalue weighted by molar-refractivity contribution is 0.145. The van der Waals surface area contributed by atoms with Crippen molar-refractivity contribution < 1.29 is 8.78 Å². The van der Waals surface area contributed by atoms with E-state index in [0.717, 1.165) is 31.5 Å². The van der Waals surface area contributed by atoms with Gasteiger partial charge in [-0.2, -0.15) is 0 Å². The highest BCUT2D eigenvalue weighted by atomic mass is 19.3. The SMILES string of the molecule is FC(F)c1cccc(C2CCCCN2)n1. The fourth-order valence-electron chi connectivity index (χ4n) is 1.89. The normalized spacial score (nSPS) is 21.9. The summed E-state index contributed by atoms with van der Waals surface area (Å²) < 4.78 is 24.9. The van der Waals surface area contributed by atoms with E-state index in [0.29, 0.717) is 0 Å². The van der Waals surface area contributed by atoms with Crippen molar-refractivity contribution >= 4 is 0 Å². The van der Waals surface area contributed by atoms with Gasteiger partial charge in [0.25, 0.3) is 6.43 Å². The number of pyridine rings is 1. The summed E-state index contributed by atoms with van der Waals surface area (Å²) in [6.45, 7) is 0.950. The average molecular weight is 212 g/mol. The van der Waals surface area contributed by atoms with Crippen LogP contribution in [0, 0.1) is 0 Å². The number of nitrogens with one attached hydrogen (secondary N) is 1. The zero-order valence-electron chi connectivity index (χ0n) is 8.42. The van der Waals surface area contributed by atoms with Gasteiger partial charge in [-0.1, -0.05) is 12.5 Å². The molecule has 1 fully saturated rings. The van der Waals surface area contributed by atoms with Crippen molar-refractivity contribution in [1.29, 1.82) is 0 Å². The Morgan fingerprint density at radius 3 is 2.87 bits per heavy atom. The van der Waals surface area contributed by atoms with Crippen molar-refractivity contribution in [2.75, 3.05) is 6.54 Å². The summed E-state index contributed by atoms with van der Waals surface area (Å²) in [5.41, 5.74) is 0.618. The maximum Gasteiger partial charge on any atom is 0.280 e. The molecule has 0 saturated carbocycles. The van der Waals surface area contributed by atoms with Crippen molar-refractivity contribution in [3.05, 3.63) is 29.6 Å². The number of hydrogen-bond donors (Lipinski definition) is 1. The molecule has 1 unspecified atom stereocenters. The Morgan fingerprint density at radius 1 is 1.33 bits per heavy atom. The van der Waals surface area contributed by atoms with Gasteiger partial charge in [0.2, 0.25) is 0 Å². The maximum atomic E-state index is 12.4. The van der Waals surface area contributed by atoms with Crippen LogP contribution >= 0.6 is 0 Å².